The van der Waals surface area contributed by atoms with Gasteiger partial charge in [0.05, 0.1) is 11.1 Å². The van der Waals surface area contributed by atoms with Crippen molar-refractivity contribution in [2.45, 2.75) is 23.1 Å². The van der Waals surface area contributed by atoms with Gasteiger partial charge in [-0.3, -0.25) is 14.6 Å². The number of hydrogen-bond donors (Lipinski definition) is 5. The lowest BCUT2D eigenvalue weighted by Crippen LogP contribution is -2.18. The van der Waals surface area contributed by atoms with Crippen LogP contribution in [0.5, 0.6) is 23.0 Å². The zero-order valence-electron chi connectivity index (χ0n) is 19.8. The van der Waals surface area contributed by atoms with Crippen molar-refractivity contribution in [3.05, 3.63) is 71.0 Å². The molecule has 0 saturated heterocycles. The first-order chi connectivity index (χ1) is 18.3. The van der Waals surface area contributed by atoms with Crippen molar-refractivity contribution >= 4 is 55.4 Å². The largest absolute Gasteiger partial charge is 0.573 e. The molecular weight excluding hydrogens is 608 g/mol. The average Bonchev–Trinajstić information content (AvgIpc) is 2.79. The number of nitrogens with zero attached hydrogens (tertiary/aromatic N) is 1. The summed E-state index contributed by atoms with van der Waals surface area (Å²) in [5.74, 6) is -3.99. The first kappa shape index (κ1) is 31.1. The Morgan fingerprint density at radius 2 is 1.60 bits per heavy atom. The number of ether oxygens (including phenoxy) is 3. The van der Waals surface area contributed by atoms with E-state index >= 15 is 0 Å². The van der Waals surface area contributed by atoms with Crippen LogP contribution in [0.25, 0.3) is 0 Å². The zero-order valence-corrected chi connectivity index (χ0v) is 22.5. The zero-order chi connectivity index (χ0) is 30.0. The van der Waals surface area contributed by atoms with E-state index < -0.39 is 56.3 Å². The van der Waals surface area contributed by atoms with Crippen LogP contribution in [0.4, 0.5) is 32.0 Å². The van der Waals surface area contributed by atoms with E-state index in [1.54, 1.807) is 0 Å². The number of halogens is 6. The van der Waals surface area contributed by atoms with Crippen LogP contribution in [0.15, 0.2) is 48.7 Å². The molecule has 0 aliphatic carbocycles. The number of thiol groups is 3. The van der Waals surface area contributed by atoms with Gasteiger partial charge < -0.3 is 25.3 Å². The predicted octanol–water partition coefficient (Wildman–Crippen LogP) is 6.23. The van der Waals surface area contributed by atoms with Crippen LogP contribution >= 0.6 is 37.9 Å². The van der Waals surface area contributed by atoms with Crippen molar-refractivity contribution in [3.8, 4) is 23.0 Å². The Bertz CT molecular complexity index is 1450. The van der Waals surface area contributed by atoms with Crippen molar-refractivity contribution in [3.63, 3.8) is 0 Å². The molecule has 2 aromatic carbocycles. The Hall–Kier alpha value is -3.44. The van der Waals surface area contributed by atoms with Crippen LogP contribution in [0.3, 0.4) is 0 Å². The van der Waals surface area contributed by atoms with Gasteiger partial charge in [-0.15, -0.1) is 51.1 Å². The minimum atomic E-state index is -5.06. The van der Waals surface area contributed by atoms with E-state index in [1.165, 1.54) is 13.0 Å². The molecular formula is C23H17F6N3O5S3. The quantitative estimate of drug-likeness (QED) is 0.115. The van der Waals surface area contributed by atoms with Gasteiger partial charge in [0.15, 0.2) is 11.5 Å². The highest BCUT2D eigenvalue weighted by Gasteiger charge is 2.34. The summed E-state index contributed by atoms with van der Waals surface area (Å²) in [7, 11) is 0. The minimum absolute atomic E-state index is 0.0301. The SMILES string of the molecule is Cc1cc(C(F)(F)F)cc(C(=O)Nc2ccnc(C(N)=O)c2)c1Oc1ccc(OC(F)(F)F)cc1OC(S)(S)S. The number of aromatic nitrogens is 1. The number of rotatable bonds is 8. The fourth-order valence-corrected chi connectivity index (χ4v) is 3.49. The number of primary amides is 1. The molecule has 2 amide bonds. The van der Waals surface area contributed by atoms with Gasteiger partial charge in [0.2, 0.25) is 3.60 Å². The third kappa shape index (κ3) is 8.53. The highest BCUT2D eigenvalue weighted by molar-refractivity contribution is 8.16. The third-order valence-electron chi connectivity index (χ3n) is 4.72. The Morgan fingerprint density at radius 1 is 0.925 bits per heavy atom. The molecule has 0 aliphatic rings. The fraction of sp³-hybridized carbons (Fsp3) is 0.174. The highest BCUT2D eigenvalue weighted by Crippen LogP contribution is 2.43. The summed E-state index contributed by atoms with van der Waals surface area (Å²) in [5.41, 5.74) is 2.91. The average molecular weight is 626 g/mol. The predicted molar refractivity (Wildman–Crippen MR) is 140 cm³/mol. The highest BCUT2D eigenvalue weighted by atomic mass is 32.2. The summed E-state index contributed by atoms with van der Waals surface area (Å²) >= 11 is 11.8. The van der Waals surface area contributed by atoms with Crippen LogP contribution in [0.2, 0.25) is 0 Å². The molecule has 1 aromatic heterocycles. The molecule has 8 nitrogen and oxygen atoms in total. The van der Waals surface area contributed by atoms with E-state index in [2.05, 4.69) is 52.9 Å². The van der Waals surface area contributed by atoms with Crippen LogP contribution in [-0.4, -0.2) is 26.8 Å². The molecule has 1 heterocycles. The van der Waals surface area contributed by atoms with Gasteiger partial charge >= 0.3 is 12.5 Å². The van der Waals surface area contributed by atoms with Crippen LogP contribution < -0.4 is 25.3 Å². The fourth-order valence-electron chi connectivity index (χ4n) is 3.19. The molecule has 3 aromatic rings. The van der Waals surface area contributed by atoms with Crippen LogP contribution in [-0.2, 0) is 6.18 Å². The molecule has 0 bridgehead atoms. The molecule has 0 fully saturated rings. The van der Waals surface area contributed by atoms with Gasteiger partial charge in [0.25, 0.3) is 11.8 Å². The minimum Gasteiger partial charge on any atom is -0.455 e. The molecule has 0 atom stereocenters. The molecule has 0 aliphatic heterocycles. The molecule has 40 heavy (non-hydrogen) atoms. The number of nitrogens with one attached hydrogen (secondary N) is 1. The second-order valence-electron chi connectivity index (χ2n) is 7.85. The second kappa shape index (κ2) is 11.6. The van der Waals surface area contributed by atoms with E-state index in [0.717, 1.165) is 30.5 Å². The molecule has 214 valence electrons. The number of anilines is 1. The number of pyridine rings is 1. The lowest BCUT2D eigenvalue weighted by atomic mass is 10.0. The number of nitrogens with two attached hydrogens (primary N) is 1. The van der Waals surface area contributed by atoms with E-state index in [1.807, 2.05) is 0 Å². The van der Waals surface area contributed by atoms with Crippen molar-refractivity contribution < 1.29 is 50.1 Å². The number of alkyl halides is 6. The normalized spacial score (nSPS) is 12.1. The Labute approximate surface area is 238 Å². The molecule has 3 rings (SSSR count). The van der Waals surface area contributed by atoms with Crippen molar-refractivity contribution in [2.75, 3.05) is 5.32 Å². The number of carbonyl (C=O) groups excluding carboxylic acids is 2. The van der Waals surface area contributed by atoms with E-state index in [4.69, 9.17) is 15.2 Å². The maximum Gasteiger partial charge on any atom is 0.573 e. The van der Waals surface area contributed by atoms with Crippen molar-refractivity contribution in [1.29, 1.82) is 0 Å². The van der Waals surface area contributed by atoms with Crippen LogP contribution in [0.1, 0.15) is 32.0 Å². The lowest BCUT2D eigenvalue weighted by Gasteiger charge is -2.22. The Kier molecular flexibility index (Phi) is 9.00. The van der Waals surface area contributed by atoms with Gasteiger partial charge in [-0.25, -0.2) is 0 Å². The van der Waals surface area contributed by atoms with Gasteiger partial charge in [0.1, 0.15) is 17.2 Å². The smallest absolute Gasteiger partial charge is 0.455 e. The first-order valence-corrected chi connectivity index (χ1v) is 11.9. The van der Waals surface area contributed by atoms with E-state index in [0.29, 0.717) is 12.1 Å². The topological polar surface area (TPSA) is 113 Å². The van der Waals surface area contributed by atoms with Gasteiger partial charge in [-0.2, -0.15) is 13.2 Å². The molecule has 0 saturated carbocycles. The Morgan fingerprint density at radius 3 is 2.17 bits per heavy atom. The number of benzene rings is 2. The van der Waals surface area contributed by atoms with Crippen molar-refractivity contribution in [2.24, 2.45) is 5.73 Å². The third-order valence-corrected chi connectivity index (χ3v) is 5.00. The summed E-state index contributed by atoms with van der Waals surface area (Å²) in [4.78, 5) is 28.3. The van der Waals surface area contributed by atoms with E-state index in [-0.39, 0.29) is 22.7 Å². The summed E-state index contributed by atoms with van der Waals surface area (Å²) in [6, 6.07) is 6.11. The molecule has 17 heteroatoms. The maximum atomic E-state index is 13.6. The summed E-state index contributed by atoms with van der Waals surface area (Å²) in [6.45, 7) is 1.21. The monoisotopic (exact) mass is 625 g/mol. The van der Waals surface area contributed by atoms with Crippen molar-refractivity contribution in [1.82, 2.24) is 4.98 Å². The second-order valence-corrected chi connectivity index (χ2v) is 10.8. The standard InChI is InChI=1S/C23H17F6N3O5S3/c1-10-6-11(21(24,25)26)7-14(20(34)32-12-4-5-31-15(8-12)19(30)33)18(10)35-16-3-2-13(36-22(27,28)29)9-17(16)37-23(38,39)40/h2-9,38-40H,1H3,(H2,30,33)(H,31,32,34). The van der Waals surface area contributed by atoms with Crippen LogP contribution in [0, 0.1) is 6.92 Å². The van der Waals surface area contributed by atoms with Gasteiger partial charge in [-0.05, 0) is 48.9 Å². The lowest BCUT2D eigenvalue weighted by molar-refractivity contribution is -0.274. The van der Waals surface area contributed by atoms with E-state index in [9.17, 15) is 35.9 Å². The molecule has 3 N–H and O–H groups in total. The first-order valence-electron chi connectivity index (χ1n) is 10.6. The summed E-state index contributed by atoms with van der Waals surface area (Å²) < 4.78 is 92.0. The molecule has 0 radical (unpaired) electrons. The number of carbonyl (C=O) groups is 2. The summed E-state index contributed by atoms with van der Waals surface area (Å²) in [5, 5.41) is 2.33. The maximum absolute atomic E-state index is 13.6. The number of amides is 2. The number of hydrogen-bond acceptors (Lipinski definition) is 9. The van der Waals surface area contributed by atoms with Gasteiger partial charge in [-0.1, -0.05) is 0 Å². The summed E-state index contributed by atoms with van der Waals surface area (Å²) in [6.07, 6.45) is -8.78. The Balaban J connectivity index is 2.11. The number of aryl methyl sites for hydroxylation is 1. The molecule has 0 spiro atoms. The molecule has 0 unspecified atom stereocenters. The van der Waals surface area contributed by atoms with Gasteiger partial charge in [0, 0.05) is 18.0 Å².